The minimum Gasteiger partial charge on any atom is -0.454 e. The fourth-order valence-corrected chi connectivity index (χ4v) is 3.28. The molecule has 4 heteroatoms. The molecule has 25 heavy (non-hydrogen) atoms. The first-order chi connectivity index (χ1) is 12.3. The summed E-state index contributed by atoms with van der Waals surface area (Å²) in [5.41, 5.74) is 2.70. The third-order valence-electron chi connectivity index (χ3n) is 4.81. The maximum absolute atomic E-state index is 9.49. The van der Waals surface area contributed by atoms with Crippen LogP contribution in [0.4, 0.5) is 0 Å². The Morgan fingerprint density at radius 1 is 1.00 bits per heavy atom. The summed E-state index contributed by atoms with van der Waals surface area (Å²) in [7, 11) is 0. The lowest BCUT2D eigenvalue weighted by molar-refractivity contribution is 0.302. The highest BCUT2D eigenvalue weighted by atomic mass is 16.4. The molecule has 1 saturated carbocycles. The molecular formula is C21H16N2O2. The number of hydrogen-bond acceptors (Lipinski definition) is 4. The summed E-state index contributed by atoms with van der Waals surface area (Å²) >= 11 is 0. The van der Waals surface area contributed by atoms with Gasteiger partial charge in [0, 0.05) is 23.0 Å². The summed E-state index contributed by atoms with van der Waals surface area (Å²) in [5.74, 6) is 1.22. The minimum absolute atomic E-state index is 0.508. The Balaban J connectivity index is 1.71. The molecule has 4 nitrogen and oxygen atoms in total. The van der Waals surface area contributed by atoms with E-state index in [2.05, 4.69) is 22.3 Å². The minimum atomic E-state index is 0.508. The zero-order chi connectivity index (χ0) is 16.8. The molecule has 0 saturated heterocycles. The lowest BCUT2D eigenvalue weighted by Gasteiger charge is -2.06. The van der Waals surface area contributed by atoms with Crippen molar-refractivity contribution in [2.75, 3.05) is 0 Å². The molecule has 0 radical (unpaired) electrons. The molecule has 0 atom stereocenters. The molecule has 0 unspecified atom stereocenters. The van der Waals surface area contributed by atoms with E-state index in [1.54, 1.807) is 6.07 Å². The maximum Gasteiger partial charge on any atom is 0.155 e. The van der Waals surface area contributed by atoms with Crippen LogP contribution in [0.1, 0.15) is 24.3 Å². The van der Waals surface area contributed by atoms with Gasteiger partial charge in [0.1, 0.15) is 16.6 Å². The van der Waals surface area contributed by atoms with Crippen molar-refractivity contribution in [2.24, 2.45) is 5.16 Å². The van der Waals surface area contributed by atoms with Crippen molar-refractivity contribution in [1.82, 2.24) is 4.98 Å². The number of fused-ring (bicyclic) bond motifs is 2. The van der Waals surface area contributed by atoms with Crippen LogP contribution in [0.15, 0.2) is 70.4 Å². The van der Waals surface area contributed by atoms with Gasteiger partial charge in [-0.05, 0) is 47.9 Å². The molecule has 0 aliphatic heterocycles. The fourth-order valence-electron chi connectivity index (χ4n) is 3.28. The smallest absolute Gasteiger partial charge is 0.155 e. The molecule has 122 valence electrons. The number of pyridine rings is 1. The maximum atomic E-state index is 9.49. The topological polar surface area (TPSA) is 58.6 Å². The molecule has 4 aromatic rings. The summed E-state index contributed by atoms with van der Waals surface area (Å²) in [6, 6.07) is 17.9. The molecule has 1 aliphatic rings. The number of hydrogen-bond donors (Lipinski definition) is 1. The third kappa shape index (κ3) is 2.47. The molecule has 2 heterocycles. The second-order valence-corrected chi connectivity index (χ2v) is 6.54. The molecule has 1 N–H and O–H groups in total. The van der Waals surface area contributed by atoms with E-state index in [0.29, 0.717) is 22.6 Å². The molecule has 1 aliphatic carbocycles. The molecule has 1 fully saturated rings. The predicted molar refractivity (Wildman–Crippen MR) is 96.3 cm³/mol. The Bertz CT molecular complexity index is 1170. The highest BCUT2D eigenvalue weighted by molar-refractivity contribution is 5.85. The van der Waals surface area contributed by atoms with Gasteiger partial charge in [0.05, 0.1) is 0 Å². The first kappa shape index (κ1) is 14.2. The fraction of sp³-hybridized carbons (Fsp3) is 0.143. The van der Waals surface area contributed by atoms with Gasteiger partial charge in [0.2, 0.25) is 0 Å². The van der Waals surface area contributed by atoms with Gasteiger partial charge in [-0.2, -0.15) is 0 Å². The molecule has 0 amide bonds. The monoisotopic (exact) mass is 328 g/mol. The number of benzene rings is 2. The van der Waals surface area contributed by atoms with Crippen LogP contribution in [-0.2, 0) is 0 Å². The van der Waals surface area contributed by atoms with E-state index in [0.717, 1.165) is 21.9 Å². The average molecular weight is 328 g/mol. The van der Waals surface area contributed by atoms with Gasteiger partial charge in [0.25, 0.3) is 0 Å². The van der Waals surface area contributed by atoms with E-state index in [-0.39, 0.29) is 0 Å². The summed E-state index contributed by atoms with van der Waals surface area (Å²) in [6.45, 7) is 0. The largest absolute Gasteiger partial charge is 0.454 e. The normalized spacial score (nSPS) is 15.1. The average Bonchev–Trinajstić information content (AvgIpc) is 3.51. The summed E-state index contributed by atoms with van der Waals surface area (Å²) in [6.07, 6.45) is 4.29. The Morgan fingerprint density at radius 2 is 1.84 bits per heavy atom. The standard InChI is InChI=1S/C21H16N2O2/c24-23-18-11-21(19-10-14-3-1-2-4-16(14)12-22-19)25-20-8-7-15(9-17(18)20)13-5-6-13/h1-4,7-13,24H,5-6H2/b23-18-. The van der Waals surface area contributed by atoms with Crippen molar-refractivity contribution in [3.05, 3.63) is 71.7 Å². The van der Waals surface area contributed by atoms with Crippen LogP contribution in [0.2, 0.25) is 0 Å². The van der Waals surface area contributed by atoms with Crippen molar-refractivity contribution >= 4 is 21.7 Å². The Kier molecular flexibility index (Phi) is 3.10. The number of rotatable bonds is 2. The predicted octanol–water partition coefficient (Wildman–Crippen LogP) is 4.82. The van der Waals surface area contributed by atoms with Gasteiger partial charge >= 0.3 is 0 Å². The van der Waals surface area contributed by atoms with Gasteiger partial charge < -0.3 is 9.62 Å². The van der Waals surface area contributed by atoms with Crippen LogP contribution < -0.4 is 5.36 Å². The summed E-state index contributed by atoms with van der Waals surface area (Å²) in [4.78, 5) is 4.50. The number of nitrogens with zero attached hydrogens (tertiary/aromatic N) is 2. The van der Waals surface area contributed by atoms with E-state index in [1.165, 1.54) is 18.4 Å². The molecule has 0 spiro atoms. The summed E-state index contributed by atoms with van der Waals surface area (Å²) < 4.78 is 6.06. The Labute approximate surface area is 144 Å². The number of aromatic nitrogens is 1. The van der Waals surface area contributed by atoms with Crippen LogP contribution in [0.25, 0.3) is 33.2 Å². The van der Waals surface area contributed by atoms with Crippen molar-refractivity contribution < 1.29 is 9.62 Å². The van der Waals surface area contributed by atoms with E-state index in [9.17, 15) is 5.21 Å². The van der Waals surface area contributed by atoms with E-state index in [4.69, 9.17) is 4.42 Å². The highest BCUT2D eigenvalue weighted by Crippen LogP contribution is 2.40. The SMILES string of the molecule is O/N=c1/cc(-c2cc3ccccc3cn2)oc2ccc(C3CC3)cc12. The van der Waals surface area contributed by atoms with Gasteiger partial charge in [-0.15, -0.1) is 0 Å². The lowest BCUT2D eigenvalue weighted by Crippen LogP contribution is -2.04. The zero-order valence-electron chi connectivity index (χ0n) is 13.5. The van der Waals surface area contributed by atoms with E-state index < -0.39 is 0 Å². The van der Waals surface area contributed by atoms with Gasteiger partial charge in [0.15, 0.2) is 5.76 Å². The van der Waals surface area contributed by atoms with Gasteiger partial charge in [-0.25, -0.2) is 0 Å². The zero-order valence-corrected chi connectivity index (χ0v) is 13.5. The molecule has 0 bridgehead atoms. The second kappa shape index (κ2) is 5.45. The lowest BCUT2D eigenvalue weighted by atomic mass is 10.1. The van der Waals surface area contributed by atoms with Crippen molar-refractivity contribution in [3.63, 3.8) is 0 Å². The van der Waals surface area contributed by atoms with E-state index in [1.807, 2.05) is 42.6 Å². The van der Waals surface area contributed by atoms with E-state index >= 15 is 0 Å². The molecule has 2 aromatic carbocycles. The second-order valence-electron chi connectivity index (χ2n) is 6.54. The quantitative estimate of drug-likeness (QED) is 0.424. The van der Waals surface area contributed by atoms with Gasteiger partial charge in [-0.1, -0.05) is 35.5 Å². The first-order valence-electron chi connectivity index (χ1n) is 8.43. The first-order valence-corrected chi connectivity index (χ1v) is 8.43. The van der Waals surface area contributed by atoms with Crippen molar-refractivity contribution in [3.8, 4) is 11.5 Å². The summed E-state index contributed by atoms with van der Waals surface area (Å²) in [5, 5.41) is 16.5. The highest BCUT2D eigenvalue weighted by Gasteiger charge is 2.24. The Morgan fingerprint density at radius 3 is 2.64 bits per heavy atom. The molecule has 5 rings (SSSR count). The van der Waals surface area contributed by atoms with Crippen molar-refractivity contribution in [2.45, 2.75) is 18.8 Å². The molecule has 2 aromatic heterocycles. The van der Waals surface area contributed by atoms with Crippen LogP contribution in [0, 0.1) is 0 Å². The van der Waals surface area contributed by atoms with Gasteiger partial charge in [-0.3, -0.25) is 4.98 Å². The van der Waals surface area contributed by atoms with Crippen LogP contribution in [0.5, 0.6) is 0 Å². The van der Waals surface area contributed by atoms with Crippen LogP contribution in [0.3, 0.4) is 0 Å². The van der Waals surface area contributed by atoms with Crippen LogP contribution in [-0.4, -0.2) is 10.2 Å². The molecular weight excluding hydrogens is 312 g/mol. The van der Waals surface area contributed by atoms with Crippen LogP contribution >= 0.6 is 0 Å². The third-order valence-corrected chi connectivity index (χ3v) is 4.81. The Hall–Kier alpha value is -3.14. The van der Waals surface area contributed by atoms with Crippen molar-refractivity contribution in [1.29, 1.82) is 0 Å².